The molecule has 2 aromatic heterocycles. The van der Waals surface area contributed by atoms with Gasteiger partial charge in [-0.2, -0.15) is 0 Å². The van der Waals surface area contributed by atoms with Crippen LogP contribution in [0.2, 0.25) is 0 Å². The first-order valence-corrected chi connectivity index (χ1v) is 20.1. The van der Waals surface area contributed by atoms with E-state index >= 15 is 0 Å². The Balaban J connectivity index is 1.08. The lowest BCUT2D eigenvalue weighted by atomic mass is 9.80. The second kappa shape index (κ2) is 10.6. The lowest BCUT2D eigenvalue weighted by molar-refractivity contribution is 0.660. The third-order valence-electron chi connectivity index (χ3n) is 12.0. The van der Waals surface area contributed by atoms with Gasteiger partial charge in [0.25, 0.3) is 0 Å². The maximum atomic E-state index is 2.48. The van der Waals surface area contributed by atoms with E-state index in [4.69, 9.17) is 0 Å². The molecule has 0 spiro atoms. The number of hydrogen-bond donors (Lipinski definition) is 0. The van der Waals surface area contributed by atoms with E-state index in [0.717, 1.165) is 0 Å². The van der Waals surface area contributed by atoms with Crippen molar-refractivity contribution >= 4 is 95.3 Å². The summed E-state index contributed by atoms with van der Waals surface area (Å²) in [4.78, 5) is 0. The lowest BCUT2D eigenvalue weighted by Gasteiger charge is -2.23. The normalized spacial score (nSPS) is 13.6. The molecule has 2 heterocycles. The van der Waals surface area contributed by atoms with E-state index in [0.29, 0.717) is 0 Å². The fourth-order valence-corrected chi connectivity index (χ4v) is 11.9. The third-order valence-corrected chi connectivity index (χ3v) is 14.4. The van der Waals surface area contributed by atoms with Crippen LogP contribution in [0, 0.1) is 0 Å². The summed E-state index contributed by atoms with van der Waals surface area (Å²) < 4.78 is 5.42. The Morgan fingerprint density at radius 3 is 1.70 bits per heavy atom. The van der Waals surface area contributed by atoms with Crippen LogP contribution in [0.1, 0.15) is 25.0 Å². The van der Waals surface area contributed by atoms with Gasteiger partial charge in [-0.25, -0.2) is 0 Å². The van der Waals surface area contributed by atoms with Gasteiger partial charge < -0.3 is 0 Å². The van der Waals surface area contributed by atoms with Crippen molar-refractivity contribution in [2.75, 3.05) is 0 Å². The van der Waals surface area contributed by atoms with Crippen LogP contribution in [0.3, 0.4) is 0 Å². The van der Waals surface area contributed by atoms with Crippen molar-refractivity contribution in [3.8, 4) is 33.4 Å². The Morgan fingerprint density at radius 1 is 0.358 bits per heavy atom. The largest absolute Gasteiger partial charge is 0.135 e. The van der Waals surface area contributed by atoms with Gasteiger partial charge in [-0.1, -0.05) is 135 Å². The van der Waals surface area contributed by atoms with Gasteiger partial charge in [-0.15, -0.1) is 22.7 Å². The molecule has 0 atom stereocenters. The molecule has 1 aliphatic rings. The van der Waals surface area contributed by atoms with Crippen LogP contribution >= 0.6 is 22.7 Å². The highest BCUT2D eigenvalue weighted by atomic mass is 32.1. The summed E-state index contributed by atoms with van der Waals surface area (Å²) in [6.45, 7) is 4.75. The maximum absolute atomic E-state index is 2.48. The van der Waals surface area contributed by atoms with Gasteiger partial charge in [0.15, 0.2) is 0 Å². The quantitative estimate of drug-likeness (QED) is 0.157. The summed E-state index contributed by atoms with van der Waals surface area (Å²) in [6, 6.07) is 59.7. The zero-order valence-electron chi connectivity index (χ0n) is 29.3. The van der Waals surface area contributed by atoms with E-state index in [1.165, 1.54) is 117 Å². The Labute approximate surface area is 315 Å². The van der Waals surface area contributed by atoms with Crippen LogP contribution in [0.15, 0.2) is 158 Å². The summed E-state index contributed by atoms with van der Waals surface area (Å²) in [6.07, 6.45) is 0. The molecule has 0 nitrogen and oxygen atoms in total. The minimum Gasteiger partial charge on any atom is -0.135 e. The monoisotopic (exact) mass is 708 g/mol. The van der Waals surface area contributed by atoms with Crippen LogP contribution in [-0.2, 0) is 5.41 Å². The SMILES string of the molecule is CC1(C)c2ccccc2-c2ccc(-c3c4ccccc4c(-c4ccc5sc6c7cc8sc9ccccc9c8cc7ccc6c5c4)c4ccccc34)cc21. The van der Waals surface area contributed by atoms with Gasteiger partial charge in [0.1, 0.15) is 0 Å². The molecule has 53 heavy (non-hydrogen) atoms. The van der Waals surface area contributed by atoms with Crippen molar-refractivity contribution in [3.05, 3.63) is 169 Å². The van der Waals surface area contributed by atoms with E-state index in [1.807, 2.05) is 22.7 Å². The third kappa shape index (κ3) is 4.05. The number of rotatable bonds is 2. The van der Waals surface area contributed by atoms with E-state index in [2.05, 4.69) is 172 Å². The topological polar surface area (TPSA) is 0 Å². The van der Waals surface area contributed by atoms with Crippen molar-refractivity contribution in [3.63, 3.8) is 0 Å². The molecule has 9 aromatic carbocycles. The standard InChI is InChI=1S/C51H32S2/c1-51(2)43-17-9-7-11-32(43)33-22-20-31(27-44(33)51)49-37-15-5-3-13-35(37)48(36-14-4-6-16-38(36)49)30-21-24-46-42(26-30)39-23-19-29-25-41-34-12-8-10-18-45(34)52-47(41)28-40(29)50(39)53-46/h3-28H,1-2H3. The van der Waals surface area contributed by atoms with Crippen LogP contribution in [0.5, 0.6) is 0 Å². The molecule has 0 N–H and O–H groups in total. The first kappa shape index (κ1) is 29.7. The van der Waals surface area contributed by atoms with Crippen LogP contribution < -0.4 is 0 Å². The highest BCUT2D eigenvalue weighted by molar-refractivity contribution is 7.27. The lowest BCUT2D eigenvalue weighted by Crippen LogP contribution is -2.14. The second-order valence-corrected chi connectivity index (χ2v) is 17.3. The second-order valence-electron chi connectivity index (χ2n) is 15.2. The summed E-state index contributed by atoms with van der Waals surface area (Å²) in [5.41, 5.74) is 10.7. The molecule has 0 amide bonds. The van der Waals surface area contributed by atoms with E-state index in [1.54, 1.807) is 0 Å². The summed E-state index contributed by atoms with van der Waals surface area (Å²) in [7, 11) is 0. The molecule has 2 heteroatoms. The summed E-state index contributed by atoms with van der Waals surface area (Å²) in [5.74, 6) is 0. The van der Waals surface area contributed by atoms with Gasteiger partial charge >= 0.3 is 0 Å². The maximum Gasteiger partial charge on any atom is 0.0434 e. The van der Waals surface area contributed by atoms with Gasteiger partial charge in [0.05, 0.1) is 0 Å². The van der Waals surface area contributed by atoms with E-state index < -0.39 is 0 Å². The van der Waals surface area contributed by atoms with Gasteiger partial charge in [0.2, 0.25) is 0 Å². The molecular formula is C51H32S2. The molecule has 0 saturated heterocycles. The fourth-order valence-electron chi connectivity index (χ4n) is 9.54. The molecule has 0 fully saturated rings. The van der Waals surface area contributed by atoms with Crippen LogP contribution in [0.25, 0.3) is 106 Å². The fraction of sp³-hybridized carbons (Fsp3) is 0.0588. The highest BCUT2D eigenvalue weighted by Gasteiger charge is 2.35. The molecule has 0 radical (unpaired) electrons. The molecular weight excluding hydrogens is 677 g/mol. The number of thiophene rings is 2. The molecule has 0 bridgehead atoms. The van der Waals surface area contributed by atoms with Gasteiger partial charge in [0, 0.05) is 51.1 Å². The van der Waals surface area contributed by atoms with Crippen LogP contribution in [-0.4, -0.2) is 0 Å². The predicted octanol–water partition coefficient (Wildman–Crippen LogP) is 15.5. The molecule has 0 aliphatic heterocycles. The minimum absolute atomic E-state index is 0.0542. The molecule has 0 saturated carbocycles. The Kier molecular flexibility index (Phi) is 5.97. The van der Waals surface area contributed by atoms with Crippen molar-refractivity contribution in [2.24, 2.45) is 0 Å². The van der Waals surface area contributed by atoms with Crippen molar-refractivity contribution < 1.29 is 0 Å². The molecule has 248 valence electrons. The smallest absolute Gasteiger partial charge is 0.0434 e. The first-order chi connectivity index (χ1) is 26.0. The van der Waals surface area contributed by atoms with E-state index in [9.17, 15) is 0 Å². The number of hydrogen-bond acceptors (Lipinski definition) is 2. The molecule has 1 aliphatic carbocycles. The Hall–Kier alpha value is -5.80. The summed E-state index contributed by atoms with van der Waals surface area (Å²) in [5, 5.41) is 13.2. The minimum atomic E-state index is -0.0542. The van der Waals surface area contributed by atoms with Crippen molar-refractivity contribution in [2.45, 2.75) is 19.3 Å². The average molecular weight is 709 g/mol. The number of fused-ring (bicyclic) bond motifs is 13. The molecule has 11 aromatic rings. The zero-order chi connectivity index (χ0) is 35.0. The van der Waals surface area contributed by atoms with Crippen molar-refractivity contribution in [1.29, 1.82) is 0 Å². The van der Waals surface area contributed by atoms with Crippen LogP contribution in [0.4, 0.5) is 0 Å². The highest BCUT2D eigenvalue weighted by Crippen LogP contribution is 2.52. The molecule has 0 unspecified atom stereocenters. The first-order valence-electron chi connectivity index (χ1n) is 18.4. The predicted molar refractivity (Wildman–Crippen MR) is 233 cm³/mol. The number of benzene rings is 9. The zero-order valence-corrected chi connectivity index (χ0v) is 31.0. The molecule has 12 rings (SSSR count). The average Bonchev–Trinajstić information content (AvgIpc) is 3.83. The Bertz CT molecular complexity index is 3310. The summed E-state index contributed by atoms with van der Waals surface area (Å²) >= 11 is 3.83. The Morgan fingerprint density at radius 2 is 0.943 bits per heavy atom. The van der Waals surface area contributed by atoms with Gasteiger partial charge in [-0.05, 0) is 108 Å². The van der Waals surface area contributed by atoms with Crippen molar-refractivity contribution in [1.82, 2.24) is 0 Å². The van der Waals surface area contributed by atoms with E-state index in [-0.39, 0.29) is 5.41 Å². The van der Waals surface area contributed by atoms with Gasteiger partial charge in [-0.3, -0.25) is 0 Å².